The second kappa shape index (κ2) is 7.24. The highest BCUT2D eigenvalue weighted by atomic mass is 16.5. The predicted octanol–water partition coefficient (Wildman–Crippen LogP) is 2.71. The molecule has 0 amide bonds. The van der Waals surface area contributed by atoms with Gasteiger partial charge in [-0.25, -0.2) is 14.5 Å². The van der Waals surface area contributed by atoms with Crippen LogP contribution in [0.3, 0.4) is 0 Å². The van der Waals surface area contributed by atoms with Crippen molar-refractivity contribution in [2.24, 2.45) is 16.6 Å². The molecule has 0 aliphatic heterocycles. The van der Waals surface area contributed by atoms with Gasteiger partial charge in [0.2, 0.25) is 0 Å². The predicted molar refractivity (Wildman–Crippen MR) is 106 cm³/mol. The third-order valence-electron chi connectivity index (χ3n) is 4.34. The number of carbonyl (C=O) groups is 1. The Morgan fingerprint density at radius 2 is 2.07 bits per heavy atom. The second-order valence-corrected chi connectivity index (χ2v) is 6.70. The molecule has 0 bridgehead atoms. The summed E-state index contributed by atoms with van der Waals surface area (Å²) < 4.78 is 6.49. The summed E-state index contributed by atoms with van der Waals surface area (Å²) in [5.74, 6) is 0.524. The van der Waals surface area contributed by atoms with Crippen molar-refractivity contribution in [3.8, 4) is 11.4 Å². The number of nitrogens with zero attached hydrogens (tertiary/aromatic N) is 3. The third-order valence-corrected chi connectivity index (χ3v) is 4.34. The standard InChI is InChI=1S/C19H24N6O2/c1-10(2)18-24-16(17(11(3)21)25(18)22-9-20)15-7-12-5-6-13(19(26)27-4)8-14(12)23-15/h5-11,23H,21H2,1-4H3,(H2,20,22). The molecule has 1 aromatic carbocycles. The van der Waals surface area contributed by atoms with E-state index < -0.39 is 0 Å². The van der Waals surface area contributed by atoms with Gasteiger partial charge in [-0.3, -0.25) is 0 Å². The number of hydrogen-bond acceptors (Lipinski definition) is 5. The number of nitrogens with one attached hydrogen (secondary N) is 1. The van der Waals surface area contributed by atoms with Crippen LogP contribution in [-0.4, -0.2) is 34.1 Å². The van der Waals surface area contributed by atoms with Gasteiger partial charge in [-0.05, 0) is 25.1 Å². The van der Waals surface area contributed by atoms with Crippen molar-refractivity contribution in [3.63, 3.8) is 0 Å². The van der Waals surface area contributed by atoms with E-state index in [9.17, 15) is 4.79 Å². The molecule has 142 valence electrons. The van der Waals surface area contributed by atoms with Gasteiger partial charge in [0.25, 0.3) is 0 Å². The number of methoxy groups -OCH3 is 1. The molecule has 0 aliphatic carbocycles. The molecule has 1 unspecified atom stereocenters. The van der Waals surface area contributed by atoms with Crippen molar-refractivity contribution in [3.05, 3.63) is 41.3 Å². The number of H-pyrrole nitrogens is 1. The Labute approximate surface area is 157 Å². The van der Waals surface area contributed by atoms with Crippen molar-refractivity contribution < 1.29 is 9.53 Å². The lowest BCUT2D eigenvalue weighted by molar-refractivity contribution is 0.0601. The Kier molecular flexibility index (Phi) is 5.00. The number of imidazole rings is 1. The van der Waals surface area contributed by atoms with Gasteiger partial charge in [-0.1, -0.05) is 19.9 Å². The Bertz CT molecular complexity index is 1010. The first-order chi connectivity index (χ1) is 12.9. The van der Waals surface area contributed by atoms with Crippen LogP contribution in [0.2, 0.25) is 0 Å². The molecule has 5 N–H and O–H groups in total. The number of nitrogens with two attached hydrogens (primary N) is 2. The number of esters is 1. The Morgan fingerprint density at radius 3 is 2.67 bits per heavy atom. The van der Waals surface area contributed by atoms with Crippen LogP contribution in [0, 0.1) is 0 Å². The summed E-state index contributed by atoms with van der Waals surface area (Å²) in [6.07, 6.45) is 1.23. The van der Waals surface area contributed by atoms with Crippen LogP contribution in [-0.2, 0) is 4.74 Å². The van der Waals surface area contributed by atoms with E-state index in [1.807, 2.05) is 32.9 Å². The van der Waals surface area contributed by atoms with Crippen LogP contribution >= 0.6 is 0 Å². The topological polar surface area (TPSA) is 124 Å². The van der Waals surface area contributed by atoms with Gasteiger partial charge < -0.3 is 21.2 Å². The lowest BCUT2D eigenvalue weighted by atomic mass is 10.1. The quantitative estimate of drug-likeness (QED) is 0.363. The average Bonchev–Trinajstić information content (AvgIpc) is 3.21. The van der Waals surface area contributed by atoms with Gasteiger partial charge in [0.15, 0.2) is 0 Å². The number of fused-ring (bicyclic) bond motifs is 1. The largest absolute Gasteiger partial charge is 0.465 e. The molecule has 0 fully saturated rings. The van der Waals surface area contributed by atoms with Gasteiger partial charge in [0.05, 0.1) is 24.1 Å². The van der Waals surface area contributed by atoms with Crippen LogP contribution in [0.5, 0.6) is 0 Å². The molecule has 8 heteroatoms. The number of rotatable bonds is 5. The summed E-state index contributed by atoms with van der Waals surface area (Å²) in [5, 5.41) is 5.20. The number of aromatic amines is 1. The maximum absolute atomic E-state index is 11.8. The summed E-state index contributed by atoms with van der Waals surface area (Å²) in [4.78, 5) is 19.9. The van der Waals surface area contributed by atoms with Crippen LogP contribution in [0.4, 0.5) is 0 Å². The van der Waals surface area contributed by atoms with E-state index in [0.717, 1.165) is 33.8 Å². The van der Waals surface area contributed by atoms with Crippen molar-refractivity contribution in [1.82, 2.24) is 14.6 Å². The molecule has 0 saturated heterocycles. The monoisotopic (exact) mass is 368 g/mol. The number of ether oxygens (including phenoxy) is 1. The molecule has 8 nitrogen and oxygen atoms in total. The summed E-state index contributed by atoms with van der Waals surface area (Å²) >= 11 is 0. The SMILES string of the molecule is COC(=O)c1ccc2cc(-c3nc(C(C)C)n(/N=C\N)c3C(C)N)[nH]c2c1. The first-order valence-corrected chi connectivity index (χ1v) is 8.71. The zero-order chi connectivity index (χ0) is 19.7. The normalized spacial score (nSPS) is 13.0. The molecule has 0 spiro atoms. The van der Waals surface area contributed by atoms with Gasteiger partial charge in [0, 0.05) is 22.9 Å². The number of aromatic nitrogens is 3. The smallest absolute Gasteiger partial charge is 0.337 e. The maximum Gasteiger partial charge on any atom is 0.337 e. The highest BCUT2D eigenvalue weighted by Crippen LogP contribution is 2.32. The lowest BCUT2D eigenvalue weighted by Crippen LogP contribution is -2.13. The number of benzene rings is 1. The molecule has 2 aromatic heterocycles. The van der Waals surface area contributed by atoms with E-state index in [4.69, 9.17) is 21.2 Å². The van der Waals surface area contributed by atoms with E-state index in [-0.39, 0.29) is 17.9 Å². The van der Waals surface area contributed by atoms with Crippen LogP contribution in [0.1, 0.15) is 54.6 Å². The van der Waals surface area contributed by atoms with Crippen LogP contribution in [0.15, 0.2) is 29.4 Å². The van der Waals surface area contributed by atoms with Gasteiger partial charge in [0.1, 0.15) is 17.9 Å². The van der Waals surface area contributed by atoms with Crippen molar-refractivity contribution in [2.75, 3.05) is 7.11 Å². The molecule has 0 aliphatic rings. The molecule has 27 heavy (non-hydrogen) atoms. The minimum atomic E-state index is -0.382. The van der Waals surface area contributed by atoms with Gasteiger partial charge in [-0.2, -0.15) is 5.10 Å². The first kappa shape index (κ1) is 18.7. The highest BCUT2D eigenvalue weighted by molar-refractivity contribution is 5.95. The Morgan fingerprint density at radius 1 is 1.33 bits per heavy atom. The van der Waals surface area contributed by atoms with Gasteiger partial charge in [-0.15, -0.1) is 0 Å². The molecule has 3 rings (SSSR count). The summed E-state index contributed by atoms with van der Waals surface area (Å²) in [5.41, 5.74) is 15.3. The van der Waals surface area contributed by atoms with E-state index in [1.54, 1.807) is 16.8 Å². The molecule has 0 saturated carbocycles. The van der Waals surface area contributed by atoms with Crippen molar-refractivity contribution in [1.29, 1.82) is 0 Å². The Balaban J connectivity index is 2.21. The minimum absolute atomic E-state index is 0.134. The van der Waals surface area contributed by atoms with E-state index in [2.05, 4.69) is 10.1 Å². The molecule has 2 heterocycles. The fourth-order valence-electron chi connectivity index (χ4n) is 3.11. The zero-order valence-corrected chi connectivity index (χ0v) is 15.9. The number of carbonyl (C=O) groups excluding carboxylic acids is 1. The van der Waals surface area contributed by atoms with E-state index in [1.165, 1.54) is 13.4 Å². The van der Waals surface area contributed by atoms with E-state index >= 15 is 0 Å². The molecule has 3 aromatic rings. The lowest BCUT2D eigenvalue weighted by Gasteiger charge is -2.11. The fraction of sp³-hybridized carbons (Fsp3) is 0.316. The Hall–Kier alpha value is -3.13. The van der Waals surface area contributed by atoms with Gasteiger partial charge >= 0.3 is 5.97 Å². The molecule has 0 radical (unpaired) electrons. The maximum atomic E-state index is 11.8. The molecule has 1 atom stereocenters. The highest BCUT2D eigenvalue weighted by Gasteiger charge is 2.24. The van der Waals surface area contributed by atoms with E-state index in [0.29, 0.717) is 5.56 Å². The average molecular weight is 368 g/mol. The molecular weight excluding hydrogens is 344 g/mol. The van der Waals surface area contributed by atoms with Crippen LogP contribution in [0.25, 0.3) is 22.3 Å². The first-order valence-electron chi connectivity index (χ1n) is 8.71. The fourth-order valence-corrected chi connectivity index (χ4v) is 3.11. The van der Waals surface area contributed by atoms with Crippen molar-refractivity contribution in [2.45, 2.75) is 32.7 Å². The summed E-state index contributed by atoms with van der Waals surface area (Å²) in [6.45, 7) is 5.95. The van der Waals surface area contributed by atoms with Crippen LogP contribution < -0.4 is 11.5 Å². The summed E-state index contributed by atoms with van der Waals surface area (Å²) in [7, 11) is 1.36. The number of hydrogen-bond donors (Lipinski definition) is 3. The zero-order valence-electron chi connectivity index (χ0n) is 15.9. The van der Waals surface area contributed by atoms with Crippen molar-refractivity contribution >= 4 is 23.2 Å². The third kappa shape index (κ3) is 3.31. The minimum Gasteiger partial charge on any atom is -0.465 e. The molecular formula is C19H24N6O2. The summed E-state index contributed by atoms with van der Waals surface area (Å²) in [6, 6.07) is 7.03. The second-order valence-electron chi connectivity index (χ2n) is 6.70.